The average molecular weight is 251 g/mol. The van der Waals surface area contributed by atoms with Crippen molar-refractivity contribution in [1.29, 1.82) is 0 Å². The van der Waals surface area contributed by atoms with Gasteiger partial charge in [-0.05, 0) is 24.6 Å². The Hall–Kier alpha value is -0.580. The van der Waals surface area contributed by atoms with Crippen molar-refractivity contribution in [2.45, 2.75) is 13.0 Å². The first-order valence-electron chi connectivity index (χ1n) is 6.29. The molecule has 0 aliphatic carbocycles. The minimum absolute atomic E-state index is 0.414. The number of pyridine rings is 1. The van der Waals surface area contributed by atoms with Gasteiger partial charge in [0.2, 0.25) is 0 Å². The first-order chi connectivity index (χ1) is 8.36. The summed E-state index contributed by atoms with van der Waals surface area (Å²) in [5.74, 6) is 2.58. The van der Waals surface area contributed by atoms with E-state index in [0.29, 0.717) is 6.04 Å². The molecule has 0 amide bonds. The van der Waals surface area contributed by atoms with Gasteiger partial charge in [0.1, 0.15) is 0 Å². The lowest BCUT2D eigenvalue weighted by Crippen LogP contribution is -2.38. The maximum atomic E-state index is 4.04. The zero-order chi connectivity index (χ0) is 11.9. The lowest BCUT2D eigenvalue weighted by atomic mass is 10.1. The van der Waals surface area contributed by atoms with Crippen LogP contribution in [-0.2, 0) is 0 Å². The molecule has 1 unspecified atom stereocenters. The summed E-state index contributed by atoms with van der Waals surface area (Å²) in [6.07, 6.45) is 3.71. The van der Waals surface area contributed by atoms with Crippen LogP contribution < -0.4 is 5.32 Å². The molecule has 0 saturated carbocycles. The van der Waals surface area contributed by atoms with E-state index in [2.05, 4.69) is 46.0 Å². The van der Waals surface area contributed by atoms with Gasteiger partial charge < -0.3 is 10.2 Å². The molecule has 0 radical (unpaired) electrons. The first kappa shape index (κ1) is 12.9. The third-order valence-electron chi connectivity index (χ3n) is 3.19. The van der Waals surface area contributed by atoms with Gasteiger partial charge >= 0.3 is 0 Å². The lowest BCUT2D eigenvalue weighted by Gasteiger charge is -2.26. The summed E-state index contributed by atoms with van der Waals surface area (Å²) in [6, 6.07) is 4.57. The van der Waals surface area contributed by atoms with E-state index in [0.717, 1.165) is 13.1 Å². The standard InChI is InChI=1S/C13H21N3S/c1-12(13-2-4-14-5-3-13)15-6-7-16-8-10-17-11-9-16/h2-5,12,15H,6-11H2,1H3. The molecule has 2 rings (SSSR count). The van der Waals surface area contributed by atoms with E-state index in [4.69, 9.17) is 0 Å². The Balaban J connectivity index is 1.67. The third kappa shape index (κ3) is 4.30. The maximum absolute atomic E-state index is 4.04. The highest BCUT2D eigenvalue weighted by molar-refractivity contribution is 7.99. The summed E-state index contributed by atoms with van der Waals surface area (Å²) >= 11 is 2.07. The fraction of sp³-hybridized carbons (Fsp3) is 0.615. The van der Waals surface area contributed by atoms with Crippen molar-refractivity contribution in [2.24, 2.45) is 0 Å². The van der Waals surface area contributed by atoms with Gasteiger partial charge in [0.05, 0.1) is 0 Å². The average Bonchev–Trinajstić information content (AvgIpc) is 2.41. The molecule has 1 aromatic rings. The summed E-state index contributed by atoms with van der Waals surface area (Å²) in [6.45, 7) is 6.93. The van der Waals surface area contributed by atoms with Gasteiger partial charge in [-0.3, -0.25) is 4.98 Å². The Morgan fingerprint density at radius 3 is 2.76 bits per heavy atom. The van der Waals surface area contributed by atoms with Gasteiger partial charge in [-0.25, -0.2) is 0 Å². The Kier molecular flexibility index (Phi) is 5.29. The van der Waals surface area contributed by atoms with Gasteiger partial charge in [-0.1, -0.05) is 0 Å². The van der Waals surface area contributed by atoms with Crippen molar-refractivity contribution in [3.63, 3.8) is 0 Å². The zero-order valence-electron chi connectivity index (χ0n) is 10.4. The molecule has 0 aromatic carbocycles. The van der Waals surface area contributed by atoms with E-state index < -0.39 is 0 Å². The molecule has 1 fully saturated rings. The van der Waals surface area contributed by atoms with E-state index in [9.17, 15) is 0 Å². The van der Waals surface area contributed by atoms with E-state index in [1.807, 2.05) is 12.4 Å². The maximum Gasteiger partial charge on any atom is 0.0293 e. The fourth-order valence-corrected chi connectivity index (χ4v) is 3.01. The quantitative estimate of drug-likeness (QED) is 0.863. The van der Waals surface area contributed by atoms with Crippen LogP contribution in [0.15, 0.2) is 24.5 Å². The zero-order valence-corrected chi connectivity index (χ0v) is 11.2. The van der Waals surface area contributed by atoms with Crippen LogP contribution in [0.4, 0.5) is 0 Å². The Labute approximate surface area is 108 Å². The molecule has 1 aliphatic heterocycles. The van der Waals surface area contributed by atoms with Crippen molar-refractivity contribution < 1.29 is 0 Å². The Morgan fingerprint density at radius 2 is 2.06 bits per heavy atom. The molecule has 1 aromatic heterocycles. The number of rotatable bonds is 5. The number of nitrogens with one attached hydrogen (secondary N) is 1. The molecule has 2 heterocycles. The lowest BCUT2D eigenvalue weighted by molar-refractivity contribution is 0.297. The van der Waals surface area contributed by atoms with E-state index in [1.165, 1.54) is 30.2 Å². The molecule has 3 nitrogen and oxygen atoms in total. The Bertz CT molecular complexity index is 312. The van der Waals surface area contributed by atoms with E-state index in [-0.39, 0.29) is 0 Å². The molecule has 94 valence electrons. The summed E-state index contributed by atoms with van der Waals surface area (Å²) in [5.41, 5.74) is 1.31. The Morgan fingerprint density at radius 1 is 1.35 bits per heavy atom. The van der Waals surface area contributed by atoms with Crippen LogP contribution in [0.5, 0.6) is 0 Å². The third-order valence-corrected chi connectivity index (χ3v) is 4.13. The molecule has 1 saturated heterocycles. The van der Waals surface area contributed by atoms with E-state index >= 15 is 0 Å². The van der Waals surface area contributed by atoms with Crippen molar-refractivity contribution in [1.82, 2.24) is 15.2 Å². The summed E-state index contributed by atoms with van der Waals surface area (Å²) in [5, 5.41) is 3.57. The normalized spacial score (nSPS) is 19.1. The summed E-state index contributed by atoms with van der Waals surface area (Å²) < 4.78 is 0. The van der Waals surface area contributed by atoms with Gasteiger partial charge in [-0.2, -0.15) is 11.8 Å². The van der Waals surface area contributed by atoms with Crippen LogP contribution in [0.2, 0.25) is 0 Å². The second-order valence-corrected chi connectivity index (χ2v) is 5.64. The highest BCUT2D eigenvalue weighted by Gasteiger charge is 2.10. The van der Waals surface area contributed by atoms with Crippen molar-refractivity contribution in [2.75, 3.05) is 37.7 Å². The molecule has 1 atom stereocenters. The van der Waals surface area contributed by atoms with E-state index in [1.54, 1.807) is 0 Å². The van der Waals surface area contributed by atoms with Crippen LogP contribution in [0, 0.1) is 0 Å². The highest BCUT2D eigenvalue weighted by Crippen LogP contribution is 2.10. The van der Waals surface area contributed by atoms with Crippen molar-refractivity contribution in [3.8, 4) is 0 Å². The fourth-order valence-electron chi connectivity index (χ4n) is 2.03. The molecular weight excluding hydrogens is 230 g/mol. The minimum atomic E-state index is 0.414. The van der Waals surface area contributed by atoms with Gasteiger partial charge in [0.25, 0.3) is 0 Å². The molecule has 0 bridgehead atoms. The largest absolute Gasteiger partial charge is 0.309 e. The van der Waals surface area contributed by atoms with Crippen LogP contribution in [0.1, 0.15) is 18.5 Å². The monoisotopic (exact) mass is 251 g/mol. The van der Waals surface area contributed by atoms with Crippen LogP contribution in [0.3, 0.4) is 0 Å². The summed E-state index contributed by atoms with van der Waals surface area (Å²) in [4.78, 5) is 6.59. The van der Waals surface area contributed by atoms with Crippen LogP contribution >= 0.6 is 11.8 Å². The first-order valence-corrected chi connectivity index (χ1v) is 7.45. The molecular formula is C13H21N3S. The smallest absolute Gasteiger partial charge is 0.0293 e. The SMILES string of the molecule is CC(NCCN1CCSCC1)c1ccncc1. The second-order valence-electron chi connectivity index (χ2n) is 4.41. The van der Waals surface area contributed by atoms with Crippen LogP contribution in [0.25, 0.3) is 0 Å². The number of hydrogen-bond acceptors (Lipinski definition) is 4. The number of hydrogen-bond donors (Lipinski definition) is 1. The van der Waals surface area contributed by atoms with Gasteiger partial charge in [0.15, 0.2) is 0 Å². The molecule has 0 spiro atoms. The summed E-state index contributed by atoms with van der Waals surface area (Å²) in [7, 11) is 0. The number of thioether (sulfide) groups is 1. The predicted molar refractivity (Wildman–Crippen MR) is 74.4 cm³/mol. The highest BCUT2D eigenvalue weighted by atomic mass is 32.2. The molecule has 1 aliphatic rings. The molecule has 1 N–H and O–H groups in total. The van der Waals surface area contributed by atoms with Crippen molar-refractivity contribution >= 4 is 11.8 Å². The number of nitrogens with zero attached hydrogens (tertiary/aromatic N) is 2. The topological polar surface area (TPSA) is 28.2 Å². The van der Waals surface area contributed by atoms with Gasteiger partial charge in [-0.15, -0.1) is 0 Å². The molecule has 17 heavy (non-hydrogen) atoms. The predicted octanol–water partition coefficient (Wildman–Crippen LogP) is 1.78. The number of aromatic nitrogens is 1. The minimum Gasteiger partial charge on any atom is -0.309 e. The second kappa shape index (κ2) is 6.99. The molecule has 4 heteroatoms. The van der Waals surface area contributed by atoms with Crippen molar-refractivity contribution in [3.05, 3.63) is 30.1 Å². The van der Waals surface area contributed by atoms with Crippen LogP contribution in [-0.4, -0.2) is 47.6 Å². The van der Waals surface area contributed by atoms with Gasteiger partial charge in [0, 0.05) is 56.1 Å².